The molecule has 1 amide bonds. The number of anilines is 2. The largest absolute Gasteiger partial charge is 0.481 e. The third kappa shape index (κ3) is 4.77. The van der Waals surface area contributed by atoms with E-state index in [4.69, 9.17) is 4.74 Å². The van der Waals surface area contributed by atoms with Gasteiger partial charge in [0.1, 0.15) is 5.75 Å². The van der Waals surface area contributed by atoms with Crippen LogP contribution >= 0.6 is 15.9 Å². The Bertz CT molecular complexity index is 743. The van der Waals surface area contributed by atoms with Crippen LogP contribution in [0.5, 0.6) is 5.75 Å². The molecule has 26 heavy (non-hydrogen) atoms. The number of halogens is 1. The first kappa shape index (κ1) is 18.7. The average Bonchev–Trinajstić information content (AvgIpc) is 2.65. The summed E-state index contributed by atoms with van der Waals surface area (Å²) in [6.07, 6.45) is -0.586. The van der Waals surface area contributed by atoms with Gasteiger partial charge in [-0.05, 0) is 50.4 Å². The summed E-state index contributed by atoms with van der Waals surface area (Å²) in [6.45, 7) is 5.70. The van der Waals surface area contributed by atoms with E-state index >= 15 is 0 Å². The van der Waals surface area contributed by atoms with E-state index in [9.17, 15) is 4.79 Å². The number of carbonyl (C=O) groups excluding carboxylic acids is 1. The average molecular weight is 418 g/mol. The summed E-state index contributed by atoms with van der Waals surface area (Å²) >= 11 is 3.39. The number of ether oxygens (including phenoxy) is 1. The monoisotopic (exact) mass is 417 g/mol. The molecule has 0 aromatic heterocycles. The van der Waals surface area contributed by atoms with E-state index in [0.717, 1.165) is 42.0 Å². The van der Waals surface area contributed by atoms with Crippen LogP contribution in [0.1, 0.15) is 6.92 Å². The number of benzene rings is 2. The molecule has 6 heteroatoms. The molecule has 3 rings (SSSR count). The van der Waals surface area contributed by atoms with Crippen molar-refractivity contribution in [2.24, 2.45) is 0 Å². The Kier molecular flexibility index (Phi) is 6.16. The summed E-state index contributed by atoms with van der Waals surface area (Å²) in [4.78, 5) is 17.2. The maximum absolute atomic E-state index is 12.6. The van der Waals surface area contributed by atoms with Gasteiger partial charge >= 0.3 is 0 Å². The Hall–Kier alpha value is -2.05. The van der Waals surface area contributed by atoms with Crippen LogP contribution in [0.25, 0.3) is 0 Å². The molecule has 2 aromatic carbocycles. The van der Waals surface area contributed by atoms with E-state index in [0.29, 0.717) is 5.75 Å². The Morgan fingerprint density at radius 1 is 1.08 bits per heavy atom. The molecule has 1 aliphatic heterocycles. The van der Waals surface area contributed by atoms with Crippen molar-refractivity contribution in [3.05, 3.63) is 53.0 Å². The van der Waals surface area contributed by atoms with E-state index in [1.54, 1.807) is 6.92 Å². The minimum absolute atomic E-state index is 0.158. The van der Waals surface area contributed by atoms with Crippen molar-refractivity contribution < 1.29 is 9.53 Å². The normalized spacial score (nSPS) is 16.2. The van der Waals surface area contributed by atoms with Crippen molar-refractivity contribution in [1.29, 1.82) is 0 Å². The molecular weight excluding hydrogens is 394 g/mol. The quantitative estimate of drug-likeness (QED) is 0.806. The summed E-state index contributed by atoms with van der Waals surface area (Å²) in [5, 5.41) is 3.02. The molecule has 0 saturated carbocycles. The summed E-state index contributed by atoms with van der Waals surface area (Å²) in [5.41, 5.74) is 1.89. The summed E-state index contributed by atoms with van der Waals surface area (Å²) in [5.74, 6) is 0.512. The third-order valence-electron chi connectivity index (χ3n) is 4.50. The van der Waals surface area contributed by atoms with Crippen molar-refractivity contribution in [2.45, 2.75) is 13.0 Å². The number of rotatable bonds is 5. The Morgan fingerprint density at radius 2 is 1.73 bits per heavy atom. The maximum Gasteiger partial charge on any atom is 0.265 e. The van der Waals surface area contributed by atoms with Crippen molar-refractivity contribution in [1.82, 2.24) is 4.90 Å². The maximum atomic E-state index is 12.6. The number of nitrogens with zero attached hydrogens (tertiary/aromatic N) is 2. The zero-order valence-electron chi connectivity index (χ0n) is 15.1. The van der Waals surface area contributed by atoms with Crippen molar-refractivity contribution >= 4 is 33.2 Å². The molecule has 0 aliphatic carbocycles. The standard InChI is InChI=1S/C20H24BrN3O2/c1-15(26-17-9-7-16(21)8-10-17)20(25)22-18-5-3-4-6-19(18)24-13-11-23(2)12-14-24/h3-10,15H,11-14H2,1-2H3,(H,22,25). The highest BCUT2D eigenvalue weighted by atomic mass is 79.9. The van der Waals surface area contributed by atoms with Crippen molar-refractivity contribution in [3.8, 4) is 5.75 Å². The first-order chi connectivity index (χ1) is 12.5. The second-order valence-corrected chi connectivity index (χ2v) is 7.43. The van der Waals surface area contributed by atoms with Crippen LogP contribution in [-0.4, -0.2) is 50.1 Å². The van der Waals surface area contributed by atoms with E-state index in [2.05, 4.69) is 44.2 Å². The second kappa shape index (κ2) is 8.56. The van der Waals surface area contributed by atoms with Gasteiger partial charge in [-0.2, -0.15) is 0 Å². The van der Waals surface area contributed by atoms with Gasteiger partial charge in [0.15, 0.2) is 6.10 Å². The molecule has 0 bridgehead atoms. The minimum Gasteiger partial charge on any atom is -0.481 e. The zero-order chi connectivity index (χ0) is 18.5. The predicted octanol–water partition coefficient (Wildman–Crippen LogP) is 3.61. The molecule has 138 valence electrons. The molecule has 2 aromatic rings. The van der Waals surface area contributed by atoms with Gasteiger partial charge in [-0.1, -0.05) is 28.1 Å². The number of para-hydroxylation sites is 2. The zero-order valence-corrected chi connectivity index (χ0v) is 16.7. The topological polar surface area (TPSA) is 44.8 Å². The first-order valence-electron chi connectivity index (χ1n) is 8.78. The Morgan fingerprint density at radius 3 is 2.42 bits per heavy atom. The fraction of sp³-hybridized carbons (Fsp3) is 0.350. The second-order valence-electron chi connectivity index (χ2n) is 6.51. The predicted molar refractivity (Wildman–Crippen MR) is 109 cm³/mol. The number of hydrogen-bond acceptors (Lipinski definition) is 4. The van der Waals surface area contributed by atoms with Gasteiger partial charge in [0.05, 0.1) is 11.4 Å². The molecule has 1 N–H and O–H groups in total. The molecule has 1 atom stereocenters. The Balaban J connectivity index is 1.66. The molecule has 1 heterocycles. The highest BCUT2D eigenvalue weighted by Crippen LogP contribution is 2.27. The minimum atomic E-state index is -0.586. The van der Waals surface area contributed by atoms with Crippen LogP contribution in [0, 0.1) is 0 Å². The fourth-order valence-electron chi connectivity index (χ4n) is 2.91. The number of nitrogens with one attached hydrogen (secondary N) is 1. The molecule has 5 nitrogen and oxygen atoms in total. The van der Waals surface area contributed by atoms with Crippen LogP contribution in [0.15, 0.2) is 53.0 Å². The van der Waals surface area contributed by atoms with Crippen LogP contribution in [0.2, 0.25) is 0 Å². The van der Waals surface area contributed by atoms with Gasteiger partial charge in [-0.3, -0.25) is 4.79 Å². The van der Waals surface area contributed by atoms with Gasteiger partial charge < -0.3 is 19.9 Å². The van der Waals surface area contributed by atoms with Gasteiger partial charge in [0.2, 0.25) is 0 Å². The number of likely N-dealkylation sites (N-methyl/N-ethyl adjacent to an activating group) is 1. The third-order valence-corrected chi connectivity index (χ3v) is 5.03. The van der Waals surface area contributed by atoms with Crippen LogP contribution in [0.4, 0.5) is 11.4 Å². The smallest absolute Gasteiger partial charge is 0.265 e. The number of hydrogen-bond donors (Lipinski definition) is 1. The van der Waals surface area contributed by atoms with Crippen LogP contribution < -0.4 is 15.0 Å². The van der Waals surface area contributed by atoms with E-state index in [1.807, 2.05) is 42.5 Å². The molecule has 1 fully saturated rings. The van der Waals surface area contributed by atoms with Crippen molar-refractivity contribution in [3.63, 3.8) is 0 Å². The molecule has 0 radical (unpaired) electrons. The van der Waals surface area contributed by atoms with E-state index in [-0.39, 0.29) is 5.91 Å². The lowest BCUT2D eigenvalue weighted by Gasteiger charge is -2.35. The summed E-state index contributed by atoms with van der Waals surface area (Å²) < 4.78 is 6.72. The first-order valence-corrected chi connectivity index (χ1v) is 9.58. The van der Waals surface area contributed by atoms with Crippen LogP contribution in [-0.2, 0) is 4.79 Å². The SMILES string of the molecule is CC(Oc1ccc(Br)cc1)C(=O)Nc1ccccc1N1CCN(C)CC1. The fourth-order valence-corrected chi connectivity index (χ4v) is 3.17. The lowest BCUT2D eigenvalue weighted by Crippen LogP contribution is -2.44. The highest BCUT2D eigenvalue weighted by Gasteiger charge is 2.20. The number of amides is 1. The molecule has 0 spiro atoms. The van der Waals surface area contributed by atoms with Crippen molar-refractivity contribution in [2.75, 3.05) is 43.4 Å². The van der Waals surface area contributed by atoms with Gasteiger partial charge in [0.25, 0.3) is 5.91 Å². The molecule has 1 aliphatic rings. The number of piperazine rings is 1. The lowest BCUT2D eigenvalue weighted by molar-refractivity contribution is -0.122. The van der Waals surface area contributed by atoms with Crippen LogP contribution in [0.3, 0.4) is 0 Å². The summed E-state index contributed by atoms with van der Waals surface area (Å²) in [6, 6.07) is 15.4. The van der Waals surface area contributed by atoms with E-state index < -0.39 is 6.10 Å². The molecule has 1 saturated heterocycles. The Labute approximate surface area is 163 Å². The van der Waals surface area contributed by atoms with Gasteiger partial charge in [-0.15, -0.1) is 0 Å². The van der Waals surface area contributed by atoms with Gasteiger partial charge in [0, 0.05) is 30.7 Å². The lowest BCUT2D eigenvalue weighted by atomic mass is 10.2. The summed E-state index contributed by atoms with van der Waals surface area (Å²) in [7, 11) is 2.13. The van der Waals surface area contributed by atoms with Gasteiger partial charge in [-0.25, -0.2) is 0 Å². The highest BCUT2D eigenvalue weighted by molar-refractivity contribution is 9.10. The van der Waals surface area contributed by atoms with E-state index in [1.165, 1.54) is 0 Å². The molecular formula is C20H24BrN3O2. The molecule has 1 unspecified atom stereocenters. The number of carbonyl (C=O) groups is 1.